The number of aliphatic hydroxyl groups excluding tert-OH is 2. The molecule has 7 nitrogen and oxygen atoms in total. The molecule has 7 heteroatoms. The highest BCUT2D eigenvalue weighted by atomic mass is 16.5. The van der Waals surface area contributed by atoms with Gasteiger partial charge in [0.05, 0.1) is 31.5 Å². The van der Waals surface area contributed by atoms with E-state index in [2.05, 4.69) is 0 Å². The Labute approximate surface area is 112 Å². The Morgan fingerprint density at radius 1 is 1.47 bits per heavy atom. The number of rotatable bonds is 8. The molecule has 3 N–H and O–H groups in total. The van der Waals surface area contributed by atoms with Gasteiger partial charge in [-0.2, -0.15) is 0 Å². The molecule has 0 aromatic heterocycles. The van der Waals surface area contributed by atoms with Gasteiger partial charge in [-0.1, -0.05) is 0 Å². The van der Waals surface area contributed by atoms with Crippen LogP contribution in [0.1, 0.15) is 13.3 Å². The topological polar surface area (TPSA) is 99.5 Å². The van der Waals surface area contributed by atoms with Crippen LogP contribution in [0.2, 0.25) is 0 Å². The molecule has 4 unspecified atom stereocenters. The number of hydrogen-bond acceptors (Lipinski definition) is 6. The first-order valence-electron chi connectivity index (χ1n) is 6.37. The summed E-state index contributed by atoms with van der Waals surface area (Å²) in [4.78, 5) is 12.6. The average Bonchev–Trinajstić information content (AvgIpc) is 2.68. The number of hydrogen-bond donors (Lipinski definition) is 3. The predicted octanol–water partition coefficient (Wildman–Crippen LogP) is -1.08. The lowest BCUT2D eigenvalue weighted by Crippen LogP contribution is -2.42. The molecule has 1 saturated heterocycles. The quantitative estimate of drug-likeness (QED) is 0.519. The first-order valence-corrected chi connectivity index (χ1v) is 6.37. The molecule has 0 aliphatic carbocycles. The van der Waals surface area contributed by atoms with Crippen molar-refractivity contribution < 1.29 is 29.6 Å². The summed E-state index contributed by atoms with van der Waals surface area (Å²) < 4.78 is 10.3. The number of nitrogens with zero attached hydrogens (tertiary/aromatic N) is 1. The molecule has 4 atom stereocenters. The Morgan fingerprint density at radius 3 is 2.74 bits per heavy atom. The Bertz CT molecular complexity index is 287. The summed E-state index contributed by atoms with van der Waals surface area (Å²) in [6, 6.07) is -0.735. The van der Waals surface area contributed by atoms with E-state index >= 15 is 0 Å². The van der Waals surface area contributed by atoms with Gasteiger partial charge in [0.2, 0.25) is 0 Å². The number of carboxylic acid groups (broad SMARTS) is 1. The van der Waals surface area contributed by atoms with E-state index in [0.29, 0.717) is 6.61 Å². The van der Waals surface area contributed by atoms with Gasteiger partial charge in [0, 0.05) is 26.6 Å². The second-order valence-corrected chi connectivity index (χ2v) is 4.95. The van der Waals surface area contributed by atoms with Crippen LogP contribution in [-0.4, -0.2) is 84.0 Å². The summed E-state index contributed by atoms with van der Waals surface area (Å²) >= 11 is 0. The fourth-order valence-corrected chi connectivity index (χ4v) is 2.22. The van der Waals surface area contributed by atoms with Crippen LogP contribution in [0.5, 0.6) is 0 Å². The standard InChI is InChI=1S/C12H23NO6/c1-8(6-18-2)19-7-10(15)5-13-4-9(14)3-11(13)12(16)17/h8-11,14-15H,3-7H2,1-2H3,(H,16,17). The predicted molar refractivity (Wildman–Crippen MR) is 66.9 cm³/mol. The maximum absolute atomic E-state index is 11.0. The molecule has 1 rings (SSSR count). The molecule has 0 radical (unpaired) electrons. The first kappa shape index (κ1) is 16.3. The number of aliphatic hydroxyl groups is 2. The molecule has 0 aromatic carbocycles. The summed E-state index contributed by atoms with van der Waals surface area (Å²) in [7, 11) is 1.57. The highest BCUT2D eigenvalue weighted by Crippen LogP contribution is 2.18. The largest absolute Gasteiger partial charge is 0.480 e. The van der Waals surface area contributed by atoms with E-state index in [1.54, 1.807) is 12.0 Å². The zero-order chi connectivity index (χ0) is 14.4. The lowest BCUT2D eigenvalue weighted by molar-refractivity contribution is -0.142. The van der Waals surface area contributed by atoms with E-state index in [0.717, 1.165) is 0 Å². The Kier molecular flexibility index (Phi) is 6.67. The minimum atomic E-state index is -0.975. The molecule has 19 heavy (non-hydrogen) atoms. The third-order valence-electron chi connectivity index (χ3n) is 3.09. The minimum absolute atomic E-state index is 0.115. The number of carbonyl (C=O) groups is 1. The van der Waals surface area contributed by atoms with Crippen molar-refractivity contribution in [3.8, 4) is 0 Å². The molecule has 1 heterocycles. The Balaban J connectivity index is 2.34. The number of carboxylic acids is 1. The van der Waals surface area contributed by atoms with E-state index in [4.69, 9.17) is 14.6 Å². The maximum atomic E-state index is 11.0. The fourth-order valence-electron chi connectivity index (χ4n) is 2.22. The van der Waals surface area contributed by atoms with Crippen molar-refractivity contribution in [3.05, 3.63) is 0 Å². The van der Waals surface area contributed by atoms with Gasteiger partial charge in [-0.15, -0.1) is 0 Å². The van der Waals surface area contributed by atoms with Gasteiger partial charge in [0.1, 0.15) is 6.04 Å². The van der Waals surface area contributed by atoms with Crippen molar-refractivity contribution in [2.45, 2.75) is 37.7 Å². The smallest absolute Gasteiger partial charge is 0.321 e. The zero-order valence-corrected chi connectivity index (χ0v) is 11.4. The van der Waals surface area contributed by atoms with Crippen LogP contribution in [0, 0.1) is 0 Å². The molecular weight excluding hydrogens is 254 g/mol. The van der Waals surface area contributed by atoms with Crippen molar-refractivity contribution in [2.75, 3.05) is 33.4 Å². The number of methoxy groups -OCH3 is 1. The average molecular weight is 277 g/mol. The molecule has 0 saturated carbocycles. The lowest BCUT2D eigenvalue weighted by atomic mass is 10.2. The molecule has 1 fully saturated rings. The summed E-state index contributed by atoms with van der Waals surface area (Å²) in [5.74, 6) is -0.975. The number of likely N-dealkylation sites (tertiary alicyclic amines) is 1. The highest BCUT2D eigenvalue weighted by Gasteiger charge is 2.36. The zero-order valence-electron chi connectivity index (χ0n) is 11.4. The maximum Gasteiger partial charge on any atom is 0.321 e. The third-order valence-corrected chi connectivity index (χ3v) is 3.09. The van der Waals surface area contributed by atoms with Crippen molar-refractivity contribution >= 4 is 5.97 Å². The van der Waals surface area contributed by atoms with Crippen molar-refractivity contribution in [1.82, 2.24) is 4.90 Å². The van der Waals surface area contributed by atoms with E-state index in [1.165, 1.54) is 0 Å². The summed E-state index contributed by atoms with van der Waals surface area (Å²) in [5, 5.41) is 28.3. The molecule has 1 aliphatic rings. The number of ether oxygens (including phenoxy) is 2. The summed E-state index contributed by atoms with van der Waals surface area (Å²) in [6.07, 6.45) is -1.37. The molecule has 0 amide bonds. The van der Waals surface area contributed by atoms with Crippen molar-refractivity contribution in [1.29, 1.82) is 0 Å². The Hall–Kier alpha value is -0.730. The van der Waals surface area contributed by atoms with Crippen LogP contribution in [0.4, 0.5) is 0 Å². The van der Waals surface area contributed by atoms with Gasteiger partial charge in [0.15, 0.2) is 0 Å². The van der Waals surface area contributed by atoms with E-state index in [1.807, 2.05) is 6.92 Å². The minimum Gasteiger partial charge on any atom is -0.480 e. The second-order valence-electron chi connectivity index (χ2n) is 4.95. The van der Waals surface area contributed by atoms with E-state index < -0.39 is 24.2 Å². The van der Waals surface area contributed by atoms with Gasteiger partial charge < -0.3 is 24.8 Å². The molecule has 0 bridgehead atoms. The van der Waals surface area contributed by atoms with Gasteiger partial charge in [0.25, 0.3) is 0 Å². The van der Waals surface area contributed by atoms with Crippen molar-refractivity contribution in [2.24, 2.45) is 0 Å². The van der Waals surface area contributed by atoms with Crippen LogP contribution in [0.3, 0.4) is 0 Å². The van der Waals surface area contributed by atoms with Crippen molar-refractivity contribution in [3.63, 3.8) is 0 Å². The molecule has 0 aromatic rings. The number of β-amino-alcohol motifs (C(OH)–C–C–N with tert-alkyl or cyclic N) is 2. The van der Waals surface area contributed by atoms with Crippen LogP contribution in [-0.2, 0) is 14.3 Å². The highest BCUT2D eigenvalue weighted by molar-refractivity contribution is 5.74. The summed E-state index contributed by atoms with van der Waals surface area (Å²) in [6.45, 7) is 2.82. The first-order chi connectivity index (χ1) is 8.93. The lowest BCUT2D eigenvalue weighted by Gasteiger charge is -2.24. The number of aliphatic carboxylic acids is 1. The van der Waals surface area contributed by atoms with Gasteiger partial charge in [-0.05, 0) is 6.92 Å². The molecule has 112 valence electrons. The van der Waals surface area contributed by atoms with Crippen LogP contribution < -0.4 is 0 Å². The molecular formula is C12H23NO6. The monoisotopic (exact) mass is 277 g/mol. The second kappa shape index (κ2) is 7.76. The summed E-state index contributed by atoms with van der Waals surface area (Å²) in [5.41, 5.74) is 0. The fraction of sp³-hybridized carbons (Fsp3) is 0.917. The van der Waals surface area contributed by atoms with Gasteiger partial charge in [-0.3, -0.25) is 9.69 Å². The van der Waals surface area contributed by atoms with Crippen LogP contribution in [0.15, 0.2) is 0 Å². The van der Waals surface area contributed by atoms with Crippen LogP contribution >= 0.6 is 0 Å². The Morgan fingerprint density at radius 2 is 2.16 bits per heavy atom. The van der Waals surface area contributed by atoms with E-state index in [9.17, 15) is 15.0 Å². The molecule has 1 aliphatic heterocycles. The van der Waals surface area contributed by atoms with E-state index in [-0.39, 0.29) is 32.2 Å². The van der Waals surface area contributed by atoms with Gasteiger partial charge in [-0.25, -0.2) is 0 Å². The SMILES string of the molecule is COCC(C)OCC(O)CN1CC(O)CC1C(=O)O. The van der Waals surface area contributed by atoms with Crippen LogP contribution in [0.25, 0.3) is 0 Å². The third kappa shape index (κ3) is 5.42. The molecule has 0 spiro atoms. The van der Waals surface area contributed by atoms with Gasteiger partial charge >= 0.3 is 5.97 Å². The normalized spacial score (nSPS) is 27.4.